The first-order chi connectivity index (χ1) is 11.4. The smallest absolute Gasteiger partial charge is 0.197 e. The molecule has 3 nitrogen and oxygen atoms in total. The predicted molar refractivity (Wildman–Crippen MR) is 94.9 cm³/mol. The number of aryl methyl sites for hydroxylation is 1. The van der Waals surface area contributed by atoms with Crippen LogP contribution in [0.2, 0.25) is 0 Å². The van der Waals surface area contributed by atoms with E-state index in [1.165, 1.54) is 0 Å². The first kappa shape index (κ1) is 16.2. The quantitative estimate of drug-likeness (QED) is 0.613. The number of rotatable bonds is 3. The third kappa shape index (κ3) is 2.56. The third-order valence-corrected chi connectivity index (χ3v) is 4.45. The van der Waals surface area contributed by atoms with Gasteiger partial charge in [-0.2, -0.15) is 0 Å². The molecule has 0 N–H and O–H groups in total. The minimum absolute atomic E-state index is 0.197. The summed E-state index contributed by atoms with van der Waals surface area (Å²) in [5, 5.41) is 0. The van der Waals surface area contributed by atoms with Gasteiger partial charge in [-0.1, -0.05) is 38.1 Å². The lowest BCUT2D eigenvalue weighted by Crippen LogP contribution is -2.02. The van der Waals surface area contributed by atoms with E-state index >= 15 is 0 Å². The maximum absolute atomic E-state index is 12.6. The molecule has 0 fully saturated rings. The molecule has 1 aliphatic carbocycles. The van der Waals surface area contributed by atoms with Crippen LogP contribution >= 0.6 is 0 Å². The highest BCUT2D eigenvalue weighted by Crippen LogP contribution is 2.33. The number of carbonyl (C=O) groups excluding carboxylic acids is 2. The minimum Gasteiger partial charge on any atom is -0.496 e. The molecule has 2 aromatic rings. The molecule has 3 heteroatoms. The van der Waals surface area contributed by atoms with Crippen molar-refractivity contribution in [3.8, 4) is 5.75 Å². The molecule has 0 bridgehead atoms. The van der Waals surface area contributed by atoms with Crippen molar-refractivity contribution in [2.24, 2.45) is 0 Å². The van der Waals surface area contributed by atoms with Crippen molar-refractivity contribution >= 4 is 17.6 Å². The molecule has 0 amide bonds. The van der Waals surface area contributed by atoms with Gasteiger partial charge in [0.1, 0.15) is 5.75 Å². The number of benzene rings is 2. The van der Waals surface area contributed by atoms with E-state index < -0.39 is 0 Å². The predicted octanol–water partition coefficient (Wildman–Crippen LogP) is 4.59. The summed E-state index contributed by atoms with van der Waals surface area (Å²) in [5.41, 5.74) is 4.13. The minimum atomic E-state index is -0.197. The Labute approximate surface area is 142 Å². The van der Waals surface area contributed by atoms with Gasteiger partial charge in [-0.05, 0) is 47.7 Å². The SMILES string of the molecule is COc1cc(C)c(C=C2C(=O)c3ccccc3C2=O)cc1C(C)C. The topological polar surface area (TPSA) is 43.4 Å². The lowest BCUT2D eigenvalue weighted by atomic mass is 9.95. The number of methoxy groups -OCH3 is 1. The van der Waals surface area contributed by atoms with E-state index in [2.05, 4.69) is 13.8 Å². The normalized spacial score (nSPS) is 13.5. The maximum Gasteiger partial charge on any atom is 0.197 e. The number of fused-ring (bicyclic) bond motifs is 1. The molecule has 0 radical (unpaired) electrons. The van der Waals surface area contributed by atoms with E-state index in [9.17, 15) is 9.59 Å². The van der Waals surface area contributed by atoms with E-state index in [-0.39, 0.29) is 23.1 Å². The van der Waals surface area contributed by atoms with Crippen molar-refractivity contribution in [1.82, 2.24) is 0 Å². The van der Waals surface area contributed by atoms with Gasteiger partial charge in [0.2, 0.25) is 0 Å². The summed E-state index contributed by atoms with van der Waals surface area (Å²) in [6, 6.07) is 10.9. The molecule has 24 heavy (non-hydrogen) atoms. The van der Waals surface area contributed by atoms with Crippen LogP contribution in [-0.4, -0.2) is 18.7 Å². The largest absolute Gasteiger partial charge is 0.496 e. The highest BCUT2D eigenvalue weighted by Gasteiger charge is 2.32. The van der Waals surface area contributed by atoms with Gasteiger partial charge in [0, 0.05) is 11.1 Å². The fourth-order valence-electron chi connectivity index (χ4n) is 3.06. The highest BCUT2D eigenvalue weighted by atomic mass is 16.5. The second-order valence-electron chi connectivity index (χ2n) is 6.37. The monoisotopic (exact) mass is 320 g/mol. The van der Waals surface area contributed by atoms with E-state index in [0.29, 0.717) is 11.1 Å². The molecule has 0 aliphatic heterocycles. The Balaban J connectivity index is 2.12. The molecular weight excluding hydrogens is 300 g/mol. The summed E-state index contributed by atoms with van der Waals surface area (Å²) in [5.74, 6) is 0.718. The second-order valence-corrected chi connectivity index (χ2v) is 6.37. The number of ketones is 2. The maximum atomic E-state index is 12.6. The van der Waals surface area contributed by atoms with Crippen LogP contribution in [-0.2, 0) is 0 Å². The molecule has 0 saturated heterocycles. The van der Waals surface area contributed by atoms with Gasteiger partial charge in [-0.25, -0.2) is 0 Å². The molecule has 2 aromatic carbocycles. The molecule has 1 aliphatic rings. The van der Waals surface area contributed by atoms with Crippen molar-refractivity contribution in [2.45, 2.75) is 26.7 Å². The van der Waals surface area contributed by atoms with Crippen LogP contribution in [0.15, 0.2) is 42.0 Å². The number of hydrogen-bond acceptors (Lipinski definition) is 3. The van der Waals surface area contributed by atoms with Crippen molar-refractivity contribution in [3.63, 3.8) is 0 Å². The summed E-state index contributed by atoms with van der Waals surface area (Å²) >= 11 is 0. The molecule has 0 unspecified atom stereocenters. The zero-order valence-corrected chi connectivity index (χ0v) is 14.3. The number of ether oxygens (including phenoxy) is 1. The Bertz CT molecular complexity index is 836. The Hall–Kier alpha value is -2.68. The summed E-state index contributed by atoms with van der Waals surface area (Å²) < 4.78 is 5.45. The van der Waals surface area contributed by atoms with Gasteiger partial charge in [0.05, 0.1) is 12.7 Å². The summed E-state index contributed by atoms with van der Waals surface area (Å²) in [6.45, 7) is 6.13. The Kier molecular flexibility index (Phi) is 4.10. The van der Waals surface area contributed by atoms with E-state index in [1.54, 1.807) is 37.5 Å². The molecular formula is C21H20O3. The fraction of sp³-hybridized carbons (Fsp3) is 0.238. The van der Waals surface area contributed by atoms with Gasteiger partial charge in [-0.3, -0.25) is 9.59 Å². The van der Waals surface area contributed by atoms with Crippen molar-refractivity contribution in [3.05, 3.63) is 69.8 Å². The highest BCUT2D eigenvalue weighted by molar-refractivity contribution is 6.41. The van der Waals surface area contributed by atoms with Gasteiger partial charge < -0.3 is 4.74 Å². The van der Waals surface area contributed by atoms with Crippen LogP contribution in [0.25, 0.3) is 6.08 Å². The molecule has 0 heterocycles. The van der Waals surface area contributed by atoms with Crippen LogP contribution in [0.3, 0.4) is 0 Å². The Morgan fingerprint density at radius 3 is 2.08 bits per heavy atom. The van der Waals surface area contributed by atoms with Crippen molar-refractivity contribution < 1.29 is 14.3 Å². The van der Waals surface area contributed by atoms with Crippen LogP contribution in [0.5, 0.6) is 5.75 Å². The average Bonchev–Trinajstić information content (AvgIpc) is 2.81. The molecule has 0 saturated carbocycles. The molecule has 3 rings (SSSR count). The molecule has 0 aromatic heterocycles. The third-order valence-electron chi connectivity index (χ3n) is 4.45. The Morgan fingerprint density at radius 1 is 1.00 bits per heavy atom. The van der Waals surface area contributed by atoms with Crippen LogP contribution in [0, 0.1) is 6.92 Å². The van der Waals surface area contributed by atoms with E-state index in [4.69, 9.17) is 4.74 Å². The van der Waals surface area contributed by atoms with Gasteiger partial charge in [-0.15, -0.1) is 0 Å². The first-order valence-corrected chi connectivity index (χ1v) is 8.02. The number of allylic oxidation sites excluding steroid dienone is 1. The zero-order valence-electron chi connectivity index (χ0n) is 14.3. The van der Waals surface area contributed by atoms with Crippen molar-refractivity contribution in [2.75, 3.05) is 7.11 Å². The standard InChI is InChI=1S/C21H20O3/c1-12(2)17-10-14(13(3)9-19(17)24-4)11-18-20(22)15-7-5-6-8-16(15)21(18)23/h5-12H,1-4H3. The van der Waals surface area contributed by atoms with E-state index in [0.717, 1.165) is 22.4 Å². The van der Waals surface area contributed by atoms with E-state index in [1.807, 2.05) is 19.1 Å². The Morgan fingerprint density at radius 2 is 1.58 bits per heavy atom. The number of hydrogen-bond donors (Lipinski definition) is 0. The summed E-state index contributed by atoms with van der Waals surface area (Å²) in [7, 11) is 1.65. The van der Waals surface area contributed by atoms with Crippen LogP contribution in [0.4, 0.5) is 0 Å². The lowest BCUT2D eigenvalue weighted by Gasteiger charge is -2.15. The number of Topliss-reactive ketones (excluding diaryl/α,β-unsaturated/α-hetero) is 2. The van der Waals surface area contributed by atoms with Gasteiger partial charge in [0.15, 0.2) is 11.6 Å². The lowest BCUT2D eigenvalue weighted by molar-refractivity contribution is 0.0990. The average molecular weight is 320 g/mol. The van der Waals surface area contributed by atoms with Gasteiger partial charge >= 0.3 is 0 Å². The van der Waals surface area contributed by atoms with Crippen LogP contribution in [0.1, 0.15) is 57.2 Å². The number of carbonyl (C=O) groups is 2. The molecule has 0 atom stereocenters. The summed E-state index contributed by atoms with van der Waals surface area (Å²) in [6.07, 6.45) is 1.71. The van der Waals surface area contributed by atoms with Crippen molar-refractivity contribution in [1.29, 1.82) is 0 Å². The van der Waals surface area contributed by atoms with Gasteiger partial charge in [0.25, 0.3) is 0 Å². The fourth-order valence-corrected chi connectivity index (χ4v) is 3.06. The molecule has 122 valence electrons. The molecule has 0 spiro atoms. The second kappa shape index (κ2) is 6.08. The first-order valence-electron chi connectivity index (χ1n) is 8.02. The summed E-state index contributed by atoms with van der Waals surface area (Å²) in [4.78, 5) is 25.1. The van der Waals surface area contributed by atoms with Crippen LogP contribution < -0.4 is 4.74 Å². The zero-order chi connectivity index (χ0) is 17.4.